The van der Waals surface area contributed by atoms with Crippen molar-refractivity contribution in [1.29, 1.82) is 0 Å². The molecule has 0 aromatic heterocycles. The Morgan fingerprint density at radius 1 is 1.26 bits per heavy atom. The van der Waals surface area contributed by atoms with Crippen LogP contribution in [0.15, 0.2) is 53.4 Å². The number of nitrogens with zero attached hydrogens (tertiary/aromatic N) is 1. The van der Waals surface area contributed by atoms with Gasteiger partial charge in [-0.25, -0.2) is 0 Å². The lowest BCUT2D eigenvalue weighted by atomic mass is 10.2. The van der Waals surface area contributed by atoms with E-state index in [9.17, 15) is 10.1 Å². The van der Waals surface area contributed by atoms with Crippen LogP contribution in [0.1, 0.15) is 0 Å². The molecule has 23 heavy (non-hydrogen) atoms. The Balaban J connectivity index is 1.79. The molecule has 0 aliphatic carbocycles. The number of anilines is 2. The van der Waals surface area contributed by atoms with Gasteiger partial charge in [-0.2, -0.15) is 0 Å². The van der Waals surface area contributed by atoms with Crippen LogP contribution < -0.4 is 16.4 Å². The van der Waals surface area contributed by atoms with E-state index in [2.05, 4.69) is 22.8 Å². The highest BCUT2D eigenvalue weighted by Gasteiger charge is 2.12. The maximum Gasteiger partial charge on any atom is 0.294 e. The fourth-order valence-corrected chi connectivity index (χ4v) is 2.81. The van der Waals surface area contributed by atoms with Gasteiger partial charge in [-0.05, 0) is 36.5 Å². The normalized spacial score (nSPS) is 10.1. The molecular weight excluding hydrogens is 332 g/mol. The van der Waals surface area contributed by atoms with Crippen molar-refractivity contribution in [3.8, 4) is 0 Å². The van der Waals surface area contributed by atoms with Crippen LogP contribution in [-0.4, -0.2) is 22.3 Å². The van der Waals surface area contributed by atoms with Crippen LogP contribution in [0.4, 0.5) is 17.1 Å². The third kappa shape index (κ3) is 5.42. The van der Waals surface area contributed by atoms with Crippen molar-refractivity contribution in [2.75, 3.05) is 23.3 Å². The summed E-state index contributed by atoms with van der Waals surface area (Å²) in [7, 11) is 0. The highest BCUT2D eigenvalue weighted by atomic mass is 32.2. The quantitative estimate of drug-likeness (QED) is 0.184. The number of hydrogen-bond donors (Lipinski definition) is 3. The standard InChI is InChI=1S/C15H16N4O2S2/c16-13-7-6-11(10-14(13)19(20)21)18-15(22)17-8-9-23-12-4-2-1-3-5-12/h1-7,10H,8-9,16H2,(H2,17,18,22). The number of thiocarbonyl (C=S) groups is 1. The Morgan fingerprint density at radius 2 is 2.00 bits per heavy atom. The van der Waals surface area contributed by atoms with E-state index in [4.69, 9.17) is 18.0 Å². The van der Waals surface area contributed by atoms with Gasteiger partial charge in [-0.3, -0.25) is 10.1 Å². The van der Waals surface area contributed by atoms with Gasteiger partial charge in [0.05, 0.1) is 4.92 Å². The maximum atomic E-state index is 10.9. The smallest absolute Gasteiger partial charge is 0.294 e. The van der Waals surface area contributed by atoms with Crippen LogP contribution in [0.3, 0.4) is 0 Å². The summed E-state index contributed by atoms with van der Waals surface area (Å²) in [5, 5.41) is 17.2. The number of nitrogen functional groups attached to an aromatic ring is 1. The molecule has 0 saturated heterocycles. The van der Waals surface area contributed by atoms with Crippen LogP contribution in [0.2, 0.25) is 0 Å². The summed E-state index contributed by atoms with van der Waals surface area (Å²) in [6.07, 6.45) is 0. The average molecular weight is 348 g/mol. The van der Waals surface area contributed by atoms with Gasteiger partial charge in [0.25, 0.3) is 5.69 Å². The molecule has 6 nitrogen and oxygen atoms in total. The molecule has 2 aromatic rings. The average Bonchev–Trinajstić information content (AvgIpc) is 2.54. The van der Waals surface area contributed by atoms with Gasteiger partial charge in [-0.15, -0.1) is 11.8 Å². The summed E-state index contributed by atoms with van der Waals surface area (Å²) in [5.74, 6) is 0.855. The number of thioether (sulfide) groups is 1. The summed E-state index contributed by atoms with van der Waals surface area (Å²) >= 11 is 6.90. The van der Waals surface area contributed by atoms with Crippen LogP contribution in [0.25, 0.3) is 0 Å². The monoisotopic (exact) mass is 348 g/mol. The van der Waals surface area contributed by atoms with Crippen molar-refractivity contribution in [2.24, 2.45) is 0 Å². The van der Waals surface area contributed by atoms with Crippen molar-refractivity contribution in [3.05, 3.63) is 58.6 Å². The van der Waals surface area contributed by atoms with E-state index in [-0.39, 0.29) is 11.4 Å². The van der Waals surface area contributed by atoms with E-state index in [1.165, 1.54) is 17.0 Å². The molecule has 0 aliphatic rings. The lowest BCUT2D eigenvalue weighted by molar-refractivity contribution is -0.383. The molecule has 0 heterocycles. The van der Waals surface area contributed by atoms with E-state index < -0.39 is 4.92 Å². The molecule has 2 rings (SSSR count). The summed E-state index contributed by atoms with van der Waals surface area (Å²) in [5.41, 5.74) is 6.06. The van der Waals surface area contributed by atoms with Crippen molar-refractivity contribution in [2.45, 2.75) is 4.90 Å². The molecule has 0 atom stereocenters. The van der Waals surface area contributed by atoms with Gasteiger partial charge in [-0.1, -0.05) is 18.2 Å². The topological polar surface area (TPSA) is 93.2 Å². The lowest BCUT2D eigenvalue weighted by Gasteiger charge is -2.10. The second-order valence-electron chi connectivity index (χ2n) is 4.57. The third-order valence-corrected chi connectivity index (χ3v) is 4.14. The molecular formula is C15H16N4O2S2. The molecule has 0 amide bonds. The number of hydrogen-bond acceptors (Lipinski definition) is 5. The fourth-order valence-electron chi connectivity index (χ4n) is 1.80. The van der Waals surface area contributed by atoms with E-state index in [1.54, 1.807) is 17.8 Å². The van der Waals surface area contributed by atoms with Gasteiger partial charge >= 0.3 is 0 Å². The summed E-state index contributed by atoms with van der Waals surface area (Å²) in [6.45, 7) is 0.683. The first-order valence-electron chi connectivity index (χ1n) is 6.83. The van der Waals surface area contributed by atoms with Crippen molar-refractivity contribution in [3.63, 3.8) is 0 Å². The number of nitro benzene ring substituents is 1. The Kier molecular flexibility index (Phi) is 6.19. The molecule has 4 N–H and O–H groups in total. The van der Waals surface area contributed by atoms with Crippen LogP contribution >= 0.6 is 24.0 Å². The number of nitrogens with two attached hydrogens (primary N) is 1. The first-order chi connectivity index (χ1) is 11.1. The molecule has 0 aliphatic heterocycles. The first-order valence-corrected chi connectivity index (χ1v) is 8.22. The largest absolute Gasteiger partial charge is 0.393 e. The molecule has 2 aromatic carbocycles. The first kappa shape index (κ1) is 17.0. The molecule has 0 fully saturated rings. The number of nitro groups is 1. The van der Waals surface area contributed by atoms with Gasteiger partial charge < -0.3 is 16.4 Å². The van der Waals surface area contributed by atoms with Crippen LogP contribution in [-0.2, 0) is 0 Å². The Morgan fingerprint density at radius 3 is 2.70 bits per heavy atom. The zero-order valence-corrected chi connectivity index (χ0v) is 13.8. The molecule has 0 radical (unpaired) electrons. The van der Waals surface area contributed by atoms with E-state index in [0.717, 1.165) is 5.75 Å². The molecule has 0 bridgehead atoms. The number of nitrogens with one attached hydrogen (secondary N) is 2. The summed E-state index contributed by atoms with van der Waals surface area (Å²) in [6, 6.07) is 14.6. The Hall–Kier alpha value is -2.32. The van der Waals surface area contributed by atoms with Gasteiger partial charge in [0.2, 0.25) is 0 Å². The fraction of sp³-hybridized carbons (Fsp3) is 0.133. The zero-order chi connectivity index (χ0) is 16.7. The highest BCUT2D eigenvalue weighted by molar-refractivity contribution is 7.99. The third-order valence-electron chi connectivity index (χ3n) is 2.88. The molecule has 0 saturated carbocycles. The molecule has 0 unspecified atom stereocenters. The van der Waals surface area contributed by atoms with Crippen LogP contribution in [0, 0.1) is 10.1 Å². The van der Waals surface area contributed by atoms with Crippen molar-refractivity contribution < 1.29 is 4.92 Å². The number of benzene rings is 2. The van der Waals surface area contributed by atoms with Crippen molar-refractivity contribution >= 4 is 46.2 Å². The minimum Gasteiger partial charge on any atom is -0.393 e. The van der Waals surface area contributed by atoms with E-state index in [1.807, 2.05) is 18.2 Å². The van der Waals surface area contributed by atoms with Crippen molar-refractivity contribution in [1.82, 2.24) is 5.32 Å². The summed E-state index contributed by atoms with van der Waals surface area (Å²) in [4.78, 5) is 11.5. The number of rotatable bonds is 6. The van der Waals surface area contributed by atoms with Gasteiger partial charge in [0, 0.05) is 28.9 Å². The predicted molar refractivity (Wildman–Crippen MR) is 98.9 cm³/mol. The SMILES string of the molecule is Nc1ccc(NC(=S)NCCSc2ccccc2)cc1[N+](=O)[O-]. The van der Waals surface area contributed by atoms with Gasteiger partial charge in [0.15, 0.2) is 5.11 Å². The minimum absolute atomic E-state index is 0.124. The van der Waals surface area contributed by atoms with E-state index in [0.29, 0.717) is 17.3 Å². The zero-order valence-electron chi connectivity index (χ0n) is 12.2. The summed E-state index contributed by atoms with van der Waals surface area (Å²) < 4.78 is 0. The maximum absolute atomic E-state index is 10.9. The lowest BCUT2D eigenvalue weighted by Crippen LogP contribution is -2.30. The molecule has 120 valence electrons. The second-order valence-corrected chi connectivity index (χ2v) is 6.15. The Labute approximate surface area is 143 Å². The highest BCUT2D eigenvalue weighted by Crippen LogP contribution is 2.24. The minimum atomic E-state index is -0.520. The Bertz CT molecular complexity index is 695. The predicted octanol–water partition coefficient (Wildman–Crippen LogP) is 3.26. The van der Waals surface area contributed by atoms with E-state index >= 15 is 0 Å². The van der Waals surface area contributed by atoms with Gasteiger partial charge in [0.1, 0.15) is 5.69 Å². The van der Waals surface area contributed by atoms with Crippen LogP contribution in [0.5, 0.6) is 0 Å². The molecule has 0 spiro atoms. The molecule has 8 heteroatoms. The second kappa shape index (κ2) is 8.35.